The second kappa shape index (κ2) is 5.58. The number of nitrogens with zero attached hydrogens (tertiary/aromatic N) is 1. The minimum atomic E-state index is -4.48. The second-order valence-corrected chi connectivity index (χ2v) is 7.01. The number of aryl methyl sites for hydroxylation is 1. The lowest BCUT2D eigenvalue weighted by Gasteiger charge is -2.33. The summed E-state index contributed by atoms with van der Waals surface area (Å²) >= 11 is 0. The Hall–Kier alpha value is -1.12. The molecule has 21 heavy (non-hydrogen) atoms. The fraction of sp³-hybridized carbons (Fsp3) is 0.538. The largest absolute Gasteiger partial charge is 0.416 e. The number of nitrogens with one attached hydrogen (secondary N) is 1. The van der Waals surface area contributed by atoms with Crippen LogP contribution in [-0.2, 0) is 16.2 Å². The summed E-state index contributed by atoms with van der Waals surface area (Å²) in [5, 5.41) is 3.08. The first kappa shape index (κ1) is 16.3. The molecular weight excluding hydrogens is 305 g/mol. The van der Waals surface area contributed by atoms with E-state index in [0.717, 1.165) is 18.2 Å². The monoisotopic (exact) mass is 322 g/mol. The second-order valence-electron chi connectivity index (χ2n) is 5.15. The smallest absolute Gasteiger partial charge is 0.314 e. The summed E-state index contributed by atoms with van der Waals surface area (Å²) in [7, 11) is -3.78. The Bertz CT molecular complexity index is 629. The van der Waals surface area contributed by atoms with Crippen molar-refractivity contribution >= 4 is 10.0 Å². The molecule has 1 aliphatic heterocycles. The molecule has 1 atom stereocenters. The molecule has 0 saturated carbocycles. The Morgan fingerprint density at radius 3 is 2.52 bits per heavy atom. The van der Waals surface area contributed by atoms with Gasteiger partial charge in [0.2, 0.25) is 10.0 Å². The van der Waals surface area contributed by atoms with Crippen molar-refractivity contribution in [3.63, 3.8) is 0 Å². The minimum Gasteiger partial charge on any atom is -0.314 e. The van der Waals surface area contributed by atoms with Gasteiger partial charge in [-0.3, -0.25) is 0 Å². The van der Waals surface area contributed by atoms with Crippen molar-refractivity contribution in [3.8, 4) is 0 Å². The molecule has 0 radical (unpaired) electrons. The molecule has 0 aliphatic carbocycles. The molecule has 0 amide bonds. The van der Waals surface area contributed by atoms with E-state index in [1.165, 1.54) is 11.2 Å². The molecule has 2 rings (SSSR count). The third-order valence-corrected chi connectivity index (χ3v) is 5.70. The van der Waals surface area contributed by atoms with Crippen molar-refractivity contribution in [2.75, 3.05) is 19.6 Å². The zero-order valence-electron chi connectivity index (χ0n) is 11.7. The van der Waals surface area contributed by atoms with Crippen molar-refractivity contribution in [2.45, 2.75) is 31.0 Å². The van der Waals surface area contributed by atoms with Gasteiger partial charge < -0.3 is 5.32 Å². The zero-order chi connectivity index (χ0) is 15.8. The van der Waals surface area contributed by atoms with Crippen LogP contribution < -0.4 is 5.32 Å². The molecule has 1 heterocycles. The number of alkyl halides is 3. The van der Waals surface area contributed by atoms with Crippen molar-refractivity contribution < 1.29 is 21.6 Å². The van der Waals surface area contributed by atoms with Crippen molar-refractivity contribution in [2.24, 2.45) is 0 Å². The number of sulfonamides is 1. The summed E-state index contributed by atoms with van der Waals surface area (Å²) in [5.74, 6) is 0. The number of hydrogen-bond donors (Lipinski definition) is 1. The first-order valence-electron chi connectivity index (χ1n) is 6.54. The van der Waals surface area contributed by atoms with Gasteiger partial charge in [0.1, 0.15) is 0 Å². The molecule has 118 valence electrons. The highest BCUT2D eigenvalue weighted by Gasteiger charge is 2.34. The van der Waals surface area contributed by atoms with E-state index in [0.29, 0.717) is 19.6 Å². The van der Waals surface area contributed by atoms with E-state index in [1.807, 2.05) is 0 Å². The van der Waals surface area contributed by atoms with Gasteiger partial charge >= 0.3 is 6.18 Å². The molecule has 1 aliphatic rings. The molecular formula is C13H17F3N2O2S. The van der Waals surface area contributed by atoms with Crippen LogP contribution in [0, 0.1) is 6.92 Å². The number of hydrogen-bond acceptors (Lipinski definition) is 3. The third kappa shape index (κ3) is 3.22. The Morgan fingerprint density at radius 1 is 1.33 bits per heavy atom. The van der Waals surface area contributed by atoms with Crippen LogP contribution >= 0.6 is 0 Å². The molecule has 1 aromatic rings. The molecule has 1 saturated heterocycles. The van der Waals surface area contributed by atoms with Crippen molar-refractivity contribution in [3.05, 3.63) is 29.3 Å². The summed E-state index contributed by atoms with van der Waals surface area (Å²) in [4.78, 5) is -0.0655. The first-order chi connectivity index (χ1) is 9.64. The molecule has 1 N–H and O–H groups in total. The molecule has 8 heteroatoms. The van der Waals surface area contributed by atoms with Gasteiger partial charge in [0.15, 0.2) is 0 Å². The van der Waals surface area contributed by atoms with E-state index >= 15 is 0 Å². The average Bonchev–Trinajstić information content (AvgIpc) is 2.37. The highest BCUT2D eigenvalue weighted by molar-refractivity contribution is 7.89. The van der Waals surface area contributed by atoms with Crippen LogP contribution in [0.3, 0.4) is 0 Å². The van der Waals surface area contributed by atoms with Crippen LogP contribution in [-0.4, -0.2) is 38.4 Å². The maximum atomic E-state index is 12.6. The lowest BCUT2D eigenvalue weighted by atomic mass is 10.1. The van der Waals surface area contributed by atoms with Crippen LogP contribution in [0.25, 0.3) is 0 Å². The molecule has 1 fully saturated rings. The summed E-state index contributed by atoms with van der Waals surface area (Å²) in [6.07, 6.45) is -4.48. The normalized spacial score (nSPS) is 21.5. The summed E-state index contributed by atoms with van der Waals surface area (Å²) in [5.41, 5.74) is -0.733. The fourth-order valence-electron chi connectivity index (χ4n) is 2.42. The van der Waals surface area contributed by atoms with E-state index < -0.39 is 21.8 Å². The van der Waals surface area contributed by atoms with Gasteiger partial charge in [-0.05, 0) is 37.6 Å². The van der Waals surface area contributed by atoms with Crippen molar-refractivity contribution in [1.29, 1.82) is 0 Å². The van der Waals surface area contributed by atoms with Crippen molar-refractivity contribution in [1.82, 2.24) is 9.62 Å². The maximum absolute atomic E-state index is 12.6. The third-order valence-electron chi connectivity index (χ3n) is 3.53. The number of halogens is 3. The van der Waals surface area contributed by atoms with Crippen LogP contribution in [0.2, 0.25) is 0 Å². The van der Waals surface area contributed by atoms with Gasteiger partial charge in [-0.25, -0.2) is 8.42 Å². The van der Waals surface area contributed by atoms with Crippen LogP contribution in [0.15, 0.2) is 23.1 Å². The van der Waals surface area contributed by atoms with Gasteiger partial charge in [0.25, 0.3) is 0 Å². The Labute approximate surface area is 122 Å². The molecule has 0 aromatic heterocycles. The quantitative estimate of drug-likeness (QED) is 0.906. The predicted octanol–water partition coefficient (Wildman–Crippen LogP) is 2.00. The maximum Gasteiger partial charge on any atom is 0.416 e. The summed E-state index contributed by atoms with van der Waals surface area (Å²) in [6.45, 7) is 4.52. The number of benzene rings is 1. The van der Waals surface area contributed by atoms with Gasteiger partial charge in [-0.1, -0.05) is 0 Å². The van der Waals surface area contributed by atoms with E-state index in [9.17, 15) is 21.6 Å². The first-order valence-corrected chi connectivity index (χ1v) is 7.98. The van der Waals surface area contributed by atoms with Gasteiger partial charge in [-0.2, -0.15) is 17.5 Å². The number of piperazine rings is 1. The Kier molecular flexibility index (Phi) is 4.32. The summed E-state index contributed by atoms with van der Waals surface area (Å²) in [6, 6.07) is 2.50. The van der Waals surface area contributed by atoms with Gasteiger partial charge in [0, 0.05) is 25.7 Å². The van der Waals surface area contributed by atoms with E-state index in [4.69, 9.17) is 0 Å². The standard InChI is InChI=1S/C13H17F3N2O2S/c1-9-7-11(13(14,15)16)3-4-12(9)21(19,20)18-6-5-17-8-10(18)2/h3-4,7,10,17H,5-6,8H2,1-2H3. The highest BCUT2D eigenvalue weighted by Crippen LogP contribution is 2.32. The topological polar surface area (TPSA) is 49.4 Å². The number of rotatable bonds is 2. The molecule has 0 spiro atoms. The molecule has 4 nitrogen and oxygen atoms in total. The Balaban J connectivity index is 2.41. The molecule has 1 unspecified atom stereocenters. The SMILES string of the molecule is Cc1cc(C(F)(F)F)ccc1S(=O)(=O)N1CCNCC1C. The van der Waals surface area contributed by atoms with E-state index in [1.54, 1.807) is 6.92 Å². The minimum absolute atomic E-state index is 0.0655. The molecule has 0 bridgehead atoms. The molecule has 1 aromatic carbocycles. The van der Waals surface area contributed by atoms with Gasteiger partial charge in [-0.15, -0.1) is 0 Å². The Morgan fingerprint density at radius 2 is 2.00 bits per heavy atom. The lowest BCUT2D eigenvalue weighted by Crippen LogP contribution is -2.52. The van der Waals surface area contributed by atoms with E-state index in [2.05, 4.69) is 5.32 Å². The van der Waals surface area contributed by atoms with Crippen LogP contribution in [0.5, 0.6) is 0 Å². The lowest BCUT2D eigenvalue weighted by molar-refractivity contribution is -0.137. The van der Waals surface area contributed by atoms with Gasteiger partial charge in [0.05, 0.1) is 10.5 Å². The zero-order valence-corrected chi connectivity index (χ0v) is 12.6. The highest BCUT2D eigenvalue weighted by atomic mass is 32.2. The van der Waals surface area contributed by atoms with Crippen LogP contribution in [0.4, 0.5) is 13.2 Å². The summed E-state index contributed by atoms with van der Waals surface area (Å²) < 4.78 is 64.5. The fourth-order valence-corrected chi connectivity index (χ4v) is 4.26. The predicted molar refractivity (Wildman–Crippen MR) is 72.4 cm³/mol. The van der Waals surface area contributed by atoms with Crippen LogP contribution in [0.1, 0.15) is 18.1 Å². The average molecular weight is 322 g/mol. The van der Waals surface area contributed by atoms with E-state index in [-0.39, 0.29) is 16.5 Å².